The third kappa shape index (κ3) is 2.25. The molecule has 0 saturated heterocycles. The van der Waals surface area contributed by atoms with Crippen molar-refractivity contribution in [1.29, 1.82) is 0 Å². The van der Waals surface area contributed by atoms with Crippen LogP contribution >= 0.6 is 0 Å². The van der Waals surface area contributed by atoms with Gasteiger partial charge in [0.05, 0.1) is 11.0 Å². The van der Waals surface area contributed by atoms with Crippen LogP contribution in [0.25, 0.3) is 38.6 Å². The lowest BCUT2D eigenvalue weighted by molar-refractivity contribution is 1.18. The molecule has 4 aromatic carbocycles. The normalized spacial score (nSPS) is 11.3. The topological polar surface area (TPSA) is 4.93 Å². The third-order valence-electron chi connectivity index (χ3n) is 5.14. The van der Waals surface area contributed by atoms with Gasteiger partial charge in [0.25, 0.3) is 0 Å². The first-order valence-electron chi connectivity index (χ1n) is 8.97. The summed E-state index contributed by atoms with van der Waals surface area (Å²) in [4.78, 5) is 0. The molecule has 0 fully saturated rings. The fourth-order valence-corrected chi connectivity index (χ4v) is 3.91. The Morgan fingerprint density at radius 1 is 0.538 bits per heavy atom. The van der Waals surface area contributed by atoms with Crippen LogP contribution in [0.4, 0.5) is 0 Å². The minimum atomic E-state index is 1.20. The van der Waals surface area contributed by atoms with E-state index in [0.29, 0.717) is 0 Å². The van der Waals surface area contributed by atoms with Crippen LogP contribution in [0.3, 0.4) is 0 Å². The number of para-hydroxylation sites is 1. The van der Waals surface area contributed by atoms with Gasteiger partial charge in [-0.3, -0.25) is 0 Å². The van der Waals surface area contributed by atoms with E-state index in [0.717, 1.165) is 0 Å². The van der Waals surface area contributed by atoms with Gasteiger partial charge >= 0.3 is 0 Å². The van der Waals surface area contributed by atoms with Crippen LogP contribution < -0.4 is 0 Å². The molecule has 5 aromatic rings. The number of benzene rings is 4. The highest BCUT2D eigenvalue weighted by Crippen LogP contribution is 2.34. The molecule has 0 atom stereocenters. The van der Waals surface area contributed by atoms with Crippen molar-refractivity contribution in [2.45, 2.75) is 6.92 Å². The Labute approximate surface area is 153 Å². The number of nitrogens with zero attached hydrogens (tertiary/aromatic N) is 1. The summed E-state index contributed by atoms with van der Waals surface area (Å²) >= 11 is 0. The Hall–Kier alpha value is -3.32. The highest BCUT2D eigenvalue weighted by Gasteiger charge is 2.13. The van der Waals surface area contributed by atoms with E-state index in [1.54, 1.807) is 0 Å². The standard InChI is InChI=1S/C25H19N/c1-18-8-7-13-24-25(18)22-11-5-6-12-23(22)26(24)21-16-14-20(15-17-21)19-9-3-2-4-10-19/h2-17H,1H3. The van der Waals surface area contributed by atoms with E-state index in [9.17, 15) is 0 Å². The second-order valence-electron chi connectivity index (χ2n) is 6.73. The van der Waals surface area contributed by atoms with Gasteiger partial charge in [-0.05, 0) is 47.9 Å². The zero-order chi connectivity index (χ0) is 17.5. The molecule has 0 N–H and O–H groups in total. The molecule has 0 aliphatic carbocycles. The number of fused-ring (bicyclic) bond motifs is 3. The molecule has 1 nitrogen and oxygen atoms in total. The van der Waals surface area contributed by atoms with Crippen molar-refractivity contribution in [3.63, 3.8) is 0 Å². The maximum absolute atomic E-state index is 2.37. The average Bonchev–Trinajstić information content (AvgIpc) is 3.04. The Morgan fingerprint density at radius 3 is 2.00 bits per heavy atom. The summed E-state index contributed by atoms with van der Waals surface area (Å²) in [5.74, 6) is 0. The van der Waals surface area contributed by atoms with E-state index < -0.39 is 0 Å². The first-order chi connectivity index (χ1) is 12.8. The van der Waals surface area contributed by atoms with Crippen LogP contribution in [-0.2, 0) is 0 Å². The molecule has 0 aliphatic heterocycles. The molecule has 124 valence electrons. The fraction of sp³-hybridized carbons (Fsp3) is 0.0400. The van der Waals surface area contributed by atoms with Crippen LogP contribution in [0.15, 0.2) is 97.1 Å². The maximum atomic E-state index is 2.37. The quantitative estimate of drug-likeness (QED) is 0.336. The minimum absolute atomic E-state index is 1.20. The van der Waals surface area contributed by atoms with Crippen molar-refractivity contribution in [3.8, 4) is 16.8 Å². The van der Waals surface area contributed by atoms with Gasteiger partial charge in [0.2, 0.25) is 0 Å². The van der Waals surface area contributed by atoms with Gasteiger partial charge in [0.1, 0.15) is 0 Å². The molecule has 0 radical (unpaired) electrons. The summed E-state index contributed by atoms with van der Waals surface area (Å²) in [7, 11) is 0. The summed E-state index contributed by atoms with van der Waals surface area (Å²) in [6, 6.07) is 34.6. The second kappa shape index (κ2) is 5.89. The van der Waals surface area contributed by atoms with Crippen molar-refractivity contribution >= 4 is 21.8 Å². The summed E-state index contributed by atoms with van der Waals surface area (Å²) in [6.45, 7) is 2.19. The summed E-state index contributed by atoms with van der Waals surface area (Å²) in [5, 5.41) is 2.66. The first-order valence-corrected chi connectivity index (χ1v) is 8.97. The van der Waals surface area contributed by atoms with Gasteiger partial charge in [0.15, 0.2) is 0 Å². The van der Waals surface area contributed by atoms with E-state index in [2.05, 4.69) is 109 Å². The van der Waals surface area contributed by atoms with Crippen LogP contribution in [0, 0.1) is 6.92 Å². The van der Waals surface area contributed by atoms with Crippen LogP contribution in [0.5, 0.6) is 0 Å². The van der Waals surface area contributed by atoms with Gasteiger partial charge < -0.3 is 4.57 Å². The molecule has 0 saturated carbocycles. The molecule has 0 bridgehead atoms. The predicted molar refractivity (Wildman–Crippen MR) is 111 cm³/mol. The lowest BCUT2D eigenvalue weighted by Crippen LogP contribution is -1.93. The molecule has 0 amide bonds. The van der Waals surface area contributed by atoms with E-state index in [1.165, 1.54) is 44.2 Å². The summed E-state index contributed by atoms with van der Waals surface area (Å²) in [5.41, 5.74) is 7.52. The maximum Gasteiger partial charge on any atom is 0.0543 e. The van der Waals surface area contributed by atoms with Gasteiger partial charge in [-0.1, -0.05) is 72.8 Å². The molecule has 0 spiro atoms. The number of aromatic nitrogens is 1. The van der Waals surface area contributed by atoms with Crippen molar-refractivity contribution < 1.29 is 0 Å². The van der Waals surface area contributed by atoms with Gasteiger partial charge in [-0.15, -0.1) is 0 Å². The molecule has 0 unspecified atom stereocenters. The zero-order valence-corrected chi connectivity index (χ0v) is 14.7. The molecule has 1 aromatic heterocycles. The van der Waals surface area contributed by atoms with Crippen LogP contribution in [-0.4, -0.2) is 4.57 Å². The molecule has 1 heteroatoms. The van der Waals surface area contributed by atoms with E-state index >= 15 is 0 Å². The molecular weight excluding hydrogens is 314 g/mol. The molecular formula is C25H19N. The number of hydrogen-bond donors (Lipinski definition) is 0. The predicted octanol–water partition coefficient (Wildman–Crippen LogP) is 6.76. The third-order valence-corrected chi connectivity index (χ3v) is 5.14. The SMILES string of the molecule is Cc1cccc2c1c1ccccc1n2-c1ccc(-c2ccccc2)cc1. The average molecular weight is 333 g/mol. The van der Waals surface area contributed by atoms with Gasteiger partial charge in [-0.25, -0.2) is 0 Å². The number of aryl methyl sites for hydroxylation is 1. The van der Waals surface area contributed by atoms with Gasteiger partial charge in [0, 0.05) is 16.5 Å². The Balaban J connectivity index is 1.75. The lowest BCUT2D eigenvalue weighted by atomic mass is 10.1. The molecule has 26 heavy (non-hydrogen) atoms. The lowest BCUT2D eigenvalue weighted by Gasteiger charge is -2.09. The zero-order valence-electron chi connectivity index (χ0n) is 14.7. The molecule has 1 heterocycles. The first kappa shape index (κ1) is 15.0. The van der Waals surface area contributed by atoms with Crippen molar-refractivity contribution in [2.24, 2.45) is 0 Å². The Bertz CT molecular complexity index is 1210. The van der Waals surface area contributed by atoms with E-state index in [4.69, 9.17) is 0 Å². The number of hydrogen-bond acceptors (Lipinski definition) is 0. The van der Waals surface area contributed by atoms with E-state index in [-0.39, 0.29) is 0 Å². The second-order valence-corrected chi connectivity index (χ2v) is 6.73. The molecule has 0 aliphatic rings. The van der Waals surface area contributed by atoms with Gasteiger partial charge in [-0.2, -0.15) is 0 Å². The van der Waals surface area contributed by atoms with Crippen LogP contribution in [0.1, 0.15) is 5.56 Å². The highest BCUT2D eigenvalue weighted by molar-refractivity contribution is 6.10. The van der Waals surface area contributed by atoms with E-state index in [1.807, 2.05) is 0 Å². The summed E-state index contributed by atoms with van der Waals surface area (Å²) in [6.07, 6.45) is 0. The summed E-state index contributed by atoms with van der Waals surface area (Å²) < 4.78 is 2.37. The Kier molecular flexibility index (Phi) is 3.39. The Morgan fingerprint density at radius 2 is 1.19 bits per heavy atom. The van der Waals surface area contributed by atoms with Crippen molar-refractivity contribution in [1.82, 2.24) is 4.57 Å². The van der Waals surface area contributed by atoms with Crippen molar-refractivity contribution in [3.05, 3.63) is 103 Å². The minimum Gasteiger partial charge on any atom is -0.309 e. The highest BCUT2D eigenvalue weighted by atomic mass is 15.0. The monoisotopic (exact) mass is 333 g/mol. The smallest absolute Gasteiger partial charge is 0.0543 e. The fourth-order valence-electron chi connectivity index (χ4n) is 3.91. The van der Waals surface area contributed by atoms with Crippen LogP contribution in [0.2, 0.25) is 0 Å². The largest absolute Gasteiger partial charge is 0.309 e. The van der Waals surface area contributed by atoms with Crippen molar-refractivity contribution in [2.75, 3.05) is 0 Å². The molecule has 5 rings (SSSR count). The number of rotatable bonds is 2.